The predicted molar refractivity (Wildman–Crippen MR) is 113 cm³/mol. The van der Waals surface area contributed by atoms with Crippen molar-refractivity contribution in [3.8, 4) is 11.9 Å². The second-order valence-corrected chi connectivity index (χ2v) is 7.33. The Bertz CT molecular complexity index is 1330. The first-order valence-electron chi connectivity index (χ1n) is 9.49. The van der Waals surface area contributed by atoms with Crippen LogP contribution < -0.4 is 5.32 Å². The van der Waals surface area contributed by atoms with Gasteiger partial charge in [-0.2, -0.15) is 18.4 Å². The lowest BCUT2D eigenvalue weighted by Crippen LogP contribution is -2.05. The molecule has 0 amide bonds. The maximum absolute atomic E-state index is 12.8. The van der Waals surface area contributed by atoms with Gasteiger partial charge in [0.1, 0.15) is 17.5 Å². The number of benzene rings is 2. The number of hydrogen-bond acceptors (Lipinski definition) is 4. The Morgan fingerprint density at radius 3 is 2.26 bits per heavy atom. The molecule has 31 heavy (non-hydrogen) atoms. The second-order valence-electron chi connectivity index (χ2n) is 7.33. The number of fused-ring (bicyclic) bond motifs is 1. The van der Waals surface area contributed by atoms with Crippen molar-refractivity contribution >= 4 is 22.5 Å². The molecule has 2 heterocycles. The summed E-state index contributed by atoms with van der Waals surface area (Å²) in [5.74, 6) is 1.55. The quantitative estimate of drug-likeness (QED) is 0.442. The number of rotatable bonds is 3. The van der Waals surface area contributed by atoms with E-state index in [1.54, 1.807) is 12.1 Å². The molecule has 1 N–H and O–H groups in total. The van der Waals surface area contributed by atoms with E-state index >= 15 is 0 Å². The lowest BCUT2D eigenvalue weighted by Gasteiger charge is -2.12. The van der Waals surface area contributed by atoms with Crippen LogP contribution in [0.3, 0.4) is 0 Å². The van der Waals surface area contributed by atoms with Gasteiger partial charge in [-0.25, -0.2) is 9.97 Å². The summed E-state index contributed by atoms with van der Waals surface area (Å²) in [6.07, 6.45) is -4.40. The molecule has 0 aliphatic rings. The lowest BCUT2D eigenvalue weighted by molar-refractivity contribution is -0.137. The lowest BCUT2D eigenvalue weighted by atomic mass is 10.1. The average molecular weight is 421 g/mol. The molecular weight excluding hydrogens is 403 g/mol. The predicted octanol–water partition coefficient (Wildman–Crippen LogP) is 5.98. The Kier molecular flexibility index (Phi) is 4.90. The van der Waals surface area contributed by atoms with Crippen molar-refractivity contribution in [2.75, 3.05) is 5.32 Å². The van der Waals surface area contributed by atoms with Gasteiger partial charge >= 0.3 is 6.18 Å². The van der Waals surface area contributed by atoms with E-state index in [1.807, 2.05) is 37.5 Å². The topological polar surface area (TPSA) is 66.5 Å². The Labute approximate surface area is 176 Å². The molecule has 0 bridgehead atoms. The summed E-state index contributed by atoms with van der Waals surface area (Å²) < 4.78 is 40.3. The fraction of sp³-hybridized carbons (Fsp3) is 0.174. The van der Waals surface area contributed by atoms with Gasteiger partial charge in [0.15, 0.2) is 0 Å². The van der Waals surface area contributed by atoms with Crippen molar-refractivity contribution in [1.29, 1.82) is 5.26 Å². The highest BCUT2D eigenvalue weighted by atomic mass is 19.4. The van der Waals surface area contributed by atoms with Crippen LogP contribution in [0.1, 0.15) is 28.1 Å². The monoisotopic (exact) mass is 421 g/mol. The highest BCUT2D eigenvalue weighted by Crippen LogP contribution is 2.31. The largest absolute Gasteiger partial charge is 0.416 e. The van der Waals surface area contributed by atoms with Crippen molar-refractivity contribution in [2.45, 2.75) is 26.9 Å². The van der Waals surface area contributed by atoms with Crippen LogP contribution in [0.5, 0.6) is 0 Å². The zero-order valence-electron chi connectivity index (χ0n) is 17.0. The third kappa shape index (κ3) is 3.94. The molecule has 2 aromatic heterocycles. The number of aromatic nitrogens is 3. The van der Waals surface area contributed by atoms with Crippen molar-refractivity contribution in [2.24, 2.45) is 0 Å². The third-order valence-electron chi connectivity index (χ3n) is 5.09. The molecule has 5 nitrogen and oxygen atoms in total. The van der Waals surface area contributed by atoms with E-state index in [2.05, 4.69) is 21.4 Å². The molecule has 8 heteroatoms. The molecule has 0 aliphatic heterocycles. The second kappa shape index (κ2) is 7.43. The van der Waals surface area contributed by atoms with Crippen LogP contribution in [-0.4, -0.2) is 14.5 Å². The van der Waals surface area contributed by atoms with Crippen LogP contribution in [0.15, 0.2) is 48.5 Å². The molecule has 0 fully saturated rings. The first kappa shape index (κ1) is 20.4. The van der Waals surface area contributed by atoms with Crippen molar-refractivity contribution in [1.82, 2.24) is 14.5 Å². The Balaban J connectivity index is 1.77. The molecule has 0 aliphatic carbocycles. The minimum atomic E-state index is -4.40. The minimum absolute atomic E-state index is 0.346. The van der Waals surface area contributed by atoms with Gasteiger partial charge in [-0.3, -0.25) is 4.57 Å². The number of imidazole rings is 1. The molecule has 4 rings (SSSR count). The molecule has 156 valence electrons. The number of nitriles is 1. The average Bonchev–Trinajstić information content (AvgIpc) is 3.02. The number of hydrogen-bond donors (Lipinski definition) is 1. The Morgan fingerprint density at radius 1 is 0.935 bits per heavy atom. The number of aryl methyl sites for hydroxylation is 3. The zero-order valence-corrected chi connectivity index (χ0v) is 17.0. The van der Waals surface area contributed by atoms with E-state index in [0.29, 0.717) is 28.7 Å². The molecule has 0 saturated carbocycles. The van der Waals surface area contributed by atoms with E-state index in [0.717, 1.165) is 34.3 Å². The SMILES string of the molecule is Cc1cc2nc(C)n(-c3cc(C#N)cc(Nc4ccc(C(F)(F)F)cc4)n3)c2cc1C. The van der Waals surface area contributed by atoms with Gasteiger partial charge in [-0.05, 0) is 80.4 Å². The standard InChI is InChI=1S/C23H18F3N5/c1-13-8-19-20(9-14(13)2)31(15(3)28-19)22-11-16(12-27)10-21(30-22)29-18-6-4-17(5-7-18)23(24,25)26/h4-11H,1-3H3,(H,29,30). The smallest absolute Gasteiger partial charge is 0.340 e. The molecule has 0 saturated heterocycles. The van der Waals surface area contributed by atoms with Gasteiger partial charge in [-0.15, -0.1) is 0 Å². The summed E-state index contributed by atoms with van der Waals surface area (Å²) in [7, 11) is 0. The molecular formula is C23H18F3N5. The highest BCUT2D eigenvalue weighted by Gasteiger charge is 2.29. The van der Waals surface area contributed by atoms with Crippen molar-refractivity contribution in [3.63, 3.8) is 0 Å². The Morgan fingerprint density at radius 2 is 1.61 bits per heavy atom. The van der Waals surface area contributed by atoms with E-state index in [1.165, 1.54) is 12.1 Å². The summed E-state index contributed by atoms with van der Waals surface area (Å²) in [5.41, 5.74) is 3.98. The molecule has 0 unspecified atom stereocenters. The number of alkyl halides is 3. The number of nitrogens with one attached hydrogen (secondary N) is 1. The molecule has 0 radical (unpaired) electrons. The Hall–Kier alpha value is -3.86. The zero-order chi connectivity index (χ0) is 22.3. The van der Waals surface area contributed by atoms with Gasteiger partial charge in [0.05, 0.1) is 28.2 Å². The van der Waals surface area contributed by atoms with Gasteiger partial charge in [0.2, 0.25) is 0 Å². The first-order chi connectivity index (χ1) is 14.7. The van der Waals surface area contributed by atoms with Gasteiger partial charge in [-0.1, -0.05) is 0 Å². The minimum Gasteiger partial charge on any atom is -0.340 e. The fourth-order valence-electron chi connectivity index (χ4n) is 3.39. The first-order valence-corrected chi connectivity index (χ1v) is 9.49. The maximum Gasteiger partial charge on any atom is 0.416 e. The normalized spacial score (nSPS) is 11.5. The van der Waals surface area contributed by atoms with E-state index in [4.69, 9.17) is 0 Å². The third-order valence-corrected chi connectivity index (χ3v) is 5.09. The number of anilines is 2. The molecule has 0 atom stereocenters. The van der Waals surface area contributed by atoms with Crippen LogP contribution in [0.4, 0.5) is 24.7 Å². The molecule has 0 spiro atoms. The van der Waals surface area contributed by atoms with Gasteiger partial charge in [0.25, 0.3) is 0 Å². The van der Waals surface area contributed by atoms with Crippen LogP contribution in [0.2, 0.25) is 0 Å². The molecule has 4 aromatic rings. The maximum atomic E-state index is 12.8. The van der Waals surface area contributed by atoms with Crippen LogP contribution in [0.25, 0.3) is 16.9 Å². The van der Waals surface area contributed by atoms with E-state index in [9.17, 15) is 18.4 Å². The fourth-order valence-corrected chi connectivity index (χ4v) is 3.39. The van der Waals surface area contributed by atoms with Crippen molar-refractivity contribution in [3.05, 3.63) is 76.6 Å². The van der Waals surface area contributed by atoms with Gasteiger partial charge < -0.3 is 5.32 Å². The number of nitrogens with zero attached hydrogens (tertiary/aromatic N) is 4. The summed E-state index contributed by atoms with van der Waals surface area (Å²) >= 11 is 0. The van der Waals surface area contributed by atoms with Gasteiger partial charge in [0, 0.05) is 5.69 Å². The van der Waals surface area contributed by atoms with Crippen LogP contribution in [0, 0.1) is 32.1 Å². The highest BCUT2D eigenvalue weighted by molar-refractivity contribution is 5.80. The van der Waals surface area contributed by atoms with Crippen LogP contribution in [-0.2, 0) is 6.18 Å². The van der Waals surface area contributed by atoms with E-state index in [-0.39, 0.29) is 0 Å². The summed E-state index contributed by atoms with van der Waals surface area (Å²) in [6.45, 7) is 5.89. The summed E-state index contributed by atoms with van der Waals surface area (Å²) in [6, 6.07) is 14.0. The summed E-state index contributed by atoms with van der Waals surface area (Å²) in [4.78, 5) is 9.20. The van der Waals surface area contributed by atoms with E-state index < -0.39 is 11.7 Å². The van der Waals surface area contributed by atoms with Crippen LogP contribution >= 0.6 is 0 Å². The number of pyridine rings is 1. The van der Waals surface area contributed by atoms with Crippen molar-refractivity contribution < 1.29 is 13.2 Å². The summed E-state index contributed by atoms with van der Waals surface area (Å²) in [5, 5.41) is 12.5. The molecule has 2 aromatic carbocycles. The number of halogens is 3.